The largest absolute Gasteiger partial charge is 0.324 e. The van der Waals surface area contributed by atoms with E-state index in [1.54, 1.807) is 48.2 Å². The lowest BCUT2D eigenvalue weighted by atomic mass is 10.1. The van der Waals surface area contributed by atoms with Gasteiger partial charge in [0.25, 0.3) is 0 Å². The fourth-order valence-electron chi connectivity index (χ4n) is 4.01. The minimum absolute atomic E-state index is 0.0973. The van der Waals surface area contributed by atoms with Gasteiger partial charge in [-0.1, -0.05) is 13.0 Å². The highest BCUT2D eigenvalue weighted by molar-refractivity contribution is 7.92. The van der Waals surface area contributed by atoms with Crippen LogP contribution in [0.5, 0.6) is 0 Å². The molecule has 1 heterocycles. The molecule has 1 aliphatic rings. The second kappa shape index (κ2) is 9.09. The van der Waals surface area contributed by atoms with Crippen LogP contribution in [0.2, 0.25) is 0 Å². The summed E-state index contributed by atoms with van der Waals surface area (Å²) < 4.78 is 26.5. The molecule has 1 unspecified atom stereocenters. The Balaban J connectivity index is 1.84. The van der Waals surface area contributed by atoms with E-state index in [0.29, 0.717) is 30.8 Å². The van der Waals surface area contributed by atoms with Crippen molar-refractivity contribution in [3.63, 3.8) is 0 Å². The normalized spacial score (nSPS) is 15.1. The van der Waals surface area contributed by atoms with Crippen LogP contribution in [0, 0.1) is 13.8 Å². The zero-order valence-corrected chi connectivity index (χ0v) is 19.2. The van der Waals surface area contributed by atoms with Gasteiger partial charge in [-0.25, -0.2) is 8.42 Å². The minimum atomic E-state index is -3.70. The summed E-state index contributed by atoms with van der Waals surface area (Å²) in [4.78, 5) is 26.7. The number of amides is 2. The van der Waals surface area contributed by atoms with E-state index in [1.807, 2.05) is 19.9 Å². The van der Waals surface area contributed by atoms with Crippen LogP contribution >= 0.6 is 0 Å². The van der Waals surface area contributed by atoms with Crippen LogP contribution in [0.3, 0.4) is 0 Å². The molecular weight excluding hydrogens is 414 g/mol. The molecule has 0 aliphatic carbocycles. The average Bonchev–Trinajstić information content (AvgIpc) is 3.10. The van der Waals surface area contributed by atoms with E-state index in [4.69, 9.17) is 0 Å². The summed E-state index contributed by atoms with van der Waals surface area (Å²) in [7, 11) is -3.70. The summed E-state index contributed by atoms with van der Waals surface area (Å²) in [6.07, 6.45) is 2.82. The molecule has 3 rings (SSSR count). The van der Waals surface area contributed by atoms with Gasteiger partial charge in [-0.15, -0.1) is 0 Å². The quantitative estimate of drug-likeness (QED) is 0.708. The van der Waals surface area contributed by atoms with E-state index in [2.05, 4.69) is 5.32 Å². The van der Waals surface area contributed by atoms with Gasteiger partial charge in [0.1, 0.15) is 6.04 Å². The van der Waals surface area contributed by atoms with Crippen LogP contribution in [0.1, 0.15) is 37.3 Å². The van der Waals surface area contributed by atoms with Gasteiger partial charge in [0.15, 0.2) is 0 Å². The molecule has 0 bridgehead atoms. The number of anilines is 3. The number of nitrogens with one attached hydrogen (secondary N) is 1. The highest BCUT2D eigenvalue weighted by Crippen LogP contribution is 2.27. The molecule has 1 fully saturated rings. The van der Waals surface area contributed by atoms with Gasteiger partial charge >= 0.3 is 0 Å². The maximum absolute atomic E-state index is 13.1. The number of hydrogen-bond acceptors (Lipinski definition) is 4. The number of carbonyl (C=O) groups excluding carboxylic acids is 2. The lowest BCUT2D eigenvalue weighted by Crippen LogP contribution is -2.47. The summed E-state index contributed by atoms with van der Waals surface area (Å²) >= 11 is 0. The van der Waals surface area contributed by atoms with Gasteiger partial charge in [0.05, 0.1) is 11.9 Å². The third kappa shape index (κ3) is 5.25. The van der Waals surface area contributed by atoms with Crippen molar-refractivity contribution in [1.29, 1.82) is 0 Å². The highest BCUT2D eigenvalue weighted by Gasteiger charge is 2.32. The molecule has 2 aromatic carbocycles. The molecule has 0 radical (unpaired) electrons. The number of sulfonamides is 1. The van der Waals surface area contributed by atoms with Crippen molar-refractivity contribution in [2.24, 2.45) is 0 Å². The molecule has 7 nitrogen and oxygen atoms in total. The monoisotopic (exact) mass is 443 g/mol. The fraction of sp³-hybridized carbons (Fsp3) is 0.391. The highest BCUT2D eigenvalue weighted by atomic mass is 32.2. The van der Waals surface area contributed by atoms with Gasteiger partial charge in [0.2, 0.25) is 21.8 Å². The van der Waals surface area contributed by atoms with Crippen LogP contribution in [0.25, 0.3) is 0 Å². The Morgan fingerprint density at radius 1 is 1.13 bits per heavy atom. The number of aryl methyl sites for hydroxylation is 2. The average molecular weight is 444 g/mol. The molecule has 0 saturated carbocycles. The summed E-state index contributed by atoms with van der Waals surface area (Å²) in [6.45, 7) is 6.27. The van der Waals surface area contributed by atoms with Crippen molar-refractivity contribution in [1.82, 2.24) is 0 Å². The first-order chi connectivity index (χ1) is 14.6. The van der Waals surface area contributed by atoms with Crippen molar-refractivity contribution in [3.05, 3.63) is 53.6 Å². The number of nitrogens with zero attached hydrogens (tertiary/aromatic N) is 2. The number of rotatable bonds is 7. The summed E-state index contributed by atoms with van der Waals surface area (Å²) in [5.74, 6) is -0.308. The minimum Gasteiger partial charge on any atom is -0.324 e. The second-order valence-corrected chi connectivity index (χ2v) is 9.87. The Bertz CT molecular complexity index is 1060. The SMILES string of the molecule is CCC(C(=O)Nc1ccc(N2CCCC2=O)cc1)N(c1cc(C)cc(C)c1)S(C)(=O)=O. The molecule has 1 atom stereocenters. The first-order valence-corrected chi connectivity index (χ1v) is 12.2. The van der Waals surface area contributed by atoms with Crippen molar-refractivity contribution in [3.8, 4) is 0 Å². The van der Waals surface area contributed by atoms with Gasteiger partial charge in [-0.3, -0.25) is 13.9 Å². The van der Waals surface area contributed by atoms with Crippen LogP contribution in [-0.2, 0) is 19.6 Å². The maximum atomic E-state index is 13.1. The second-order valence-electron chi connectivity index (χ2n) is 8.01. The molecule has 1 saturated heterocycles. The standard InChI is InChI=1S/C23H29N3O4S/c1-5-21(26(31(4,29)30)20-14-16(2)13-17(3)15-20)23(28)24-18-8-10-19(11-9-18)25-12-6-7-22(25)27/h8-11,13-15,21H,5-7,12H2,1-4H3,(H,24,28). The predicted octanol–water partition coefficient (Wildman–Crippen LogP) is 3.61. The molecule has 0 spiro atoms. The lowest BCUT2D eigenvalue weighted by molar-refractivity contribution is -0.118. The van der Waals surface area contributed by atoms with E-state index < -0.39 is 22.0 Å². The Labute approximate surface area is 184 Å². The van der Waals surface area contributed by atoms with Gasteiger partial charge in [-0.05, 0) is 74.2 Å². The number of hydrogen-bond donors (Lipinski definition) is 1. The molecule has 0 aromatic heterocycles. The Hall–Kier alpha value is -2.87. The van der Waals surface area contributed by atoms with Gasteiger partial charge in [-0.2, -0.15) is 0 Å². The fourth-order valence-corrected chi connectivity index (χ4v) is 5.21. The Morgan fingerprint density at radius 2 is 1.74 bits per heavy atom. The predicted molar refractivity (Wildman–Crippen MR) is 124 cm³/mol. The summed E-state index contributed by atoms with van der Waals surface area (Å²) in [5.41, 5.74) is 3.66. The van der Waals surface area contributed by atoms with E-state index in [9.17, 15) is 18.0 Å². The van der Waals surface area contributed by atoms with E-state index in [0.717, 1.165) is 29.5 Å². The third-order valence-corrected chi connectivity index (χ3v) is 6.49. The van der Waals surface area contributed by atoms with Crippen LogP contribution < -0.4 is 14.5 Å². The van der Waals surface area contributed by atoms with Crippen molar-refractivity contribution >= 4 is 38.9 Å². The van der Waals surface area contributed by atoms with E-state index in [-0.39, 0.29) is 5.91 Å². The molecule has 31 heavy (non-hydrogen) atoms. The lowest BCUT2D eigenvalue weighted by Gasteiger charge is -2.30. The molecule has 2 aromatic rings. The molecule has 1 aliphatic heterocycles. The van der Waals surface area contributed by atoms with Crippen LogP contribution in [-0.4, -0.2) is 39.1 Å². The third-order valence-electron chi connectivity index (χ3n) is 5.31. The van der Waals surface area contributed by atoms with Crippen LogP contribution in [0.4, 0.5) is 17.1 Å². The van der Waals surface area contributed by atoms with Crippen molar-refractivity contribution in [2.75, 3.05) is 27.3 Å². The number of carbonyl (C=O) groups is 2. The maximum Gasteiger partial charge on any atom is 0.248 e. The number of benzene rings is 2. The van der Waals surface area contributed by atoms with Crippen molar-refractivity contribution in [2.45, 2.75) is 46.1 Å². The van der Waals surface area contributed by atoms with Crippen LogP contribution in [0.15, 0.2) is 42.5 Å². The Morgan fingerprint density at radius 3 is 2.23 bits per heavy atom. The smallest absolute Gasteiger partial charge is 0.248 e. The molecular formula is C23H29N3O4S. The van der Waals surface area contributed by atoms with E-state index in [1.165, 1.54) is 4.31 Å². The zero-order chi connectivity index (χ0) is 22.8. The van der Waals surface area contributed by atoms with Crippen molar-refractivity contribution < 1.29 is 18.0 Å². The summed E-state index contributed by atoms with van der Waals surface area (Å²) in [6, 6.07) is 11.6. The summed E-state index contributed by atoms with van der Waals surface area (Å²) in [5, 5.41) is 2.83. The van der Waals surface area contributed by atoms with Gasteiger partial charge in [0, 0.05) is 24.3 Å². The first-order valence-electron chi connectivity index (χ1n) is 10.4. The molecule has 8 heteroatoms. The zero-order valence-electron chi connectivity index (χ0n) is 18.4. The van der Waals surface area contributed by atoms with E-state index >= 15 is 0 Å². The first kappa shape index (κ1) is 22.8. The molecule has 1 N–H and O–H groups in total. The van der Waals surface area contributed by atoms with Gasteiger partial charge < -0.3 is 10.2 Å². The molecule has 166 valence electrons. The molecule has 2 amide bonds. The Kier molecular flexibility index (Phi) is 6.69. The topological polar surface area (TPSA) is 86.8 Å².